The molecule has 2 aromatic heterocycles. The van der Waals surface area contributed by atoms with E-state index < -0.39 is 0 Å². The van der Waals surface area contributed by atoms with Crippen molar-refractivity contribution in [2.24, 2.45) is 0 Å². The molecule has 0 saturated carbocycles. The van der Waals surface area contributed by atoms with Crippen LogP contribution in [0.15, 0.2) is 146 Å². The molecule has 0 saturated heterocycles. The lowest BCUT2D eigenvalue weighted by Gasteiger charge is -2.21. The van der Waals surface area contributed by atoms with Gasteiger partial charge in [-0.2, -0.15) is 0 Å². The molecular formula is C44H32N4. The maximum absolute atomic E-state index is 4.95. The average Bonchev–Trinajstić information content (AvgIpc) is 3.16. The number of nitrogens with zero attached hydrogens (tertiary/aromatic N) is 4. The third-order valence-electron chi connectivity index (χ3n) is 9.72. The smallest absolute Gasteiger partial charge is 0.101 e. The van der Waals surface area contributed by atoms with Gasteiger partial charge in [0.15, 0.2) is 0 Å². The van der Waals surface area contributed by atoms with Crippen molar-refractivity contribution in [2.75, 3.05) is 0 Å². The minimum atomic E-state index is 0.849. The van der Waals surface area contributed by atoms with Gasteiger partial charge in [-0.1, -0.05) is 146 Å². The third kappa shape index (κ3) is 4.85. The first-order chi connectivity index (χ1) is 23.8. The van der Waals surface area contributed by atoms with Crippen molar-refractivity contribution in [1.82, 2.24) is 20.4 Å². The van der Waals surface area contributed by atoms with Gasteiger partial charge in [0.1, 0.15) is 22.8 Å². The van der Waals surface area contributed by atoms with Crippen LogP contribution in [0, 0.1) is 0 Å². The molecule has 10 rings (SSSR count). The Labute approximate surface area is 279 Å². The van der Waals surface area contributed by atoms with Crippen molar-refractivity contribution in [3.63, 3.8) is 0 Å². The molecule has 4 bridgehead atoms. The van der Waals surface area contributed by atoms with E-state index in [1.54, 1.807) is 0 Å². The summed E-state index contributed by atoms with van der Waals surface area (Å²) in [6, 6.07) is 51.4. The number of hydrogen-bond donors (Lipinski definition) is 0. The largest absolute Gasteiger partial charge is 0.149 e. The second kappa shape index (κ2) is 12.0. The molecule has 2 aliphatic carbocycles. The molecule has 0 unspecified atom stereocenters. The first-order valence-corrected chi connectivity index (χ1v) is 16.7. The molecule has 8 aromatic rings. The van der Waals surface area contributed by atoms with Crippen LogP contribution in [-0.4, -0.2) is 20.4 Å². The normalized spacial score (nSPS) is 12.7. The highest BCUT2D eigenvalue weighted by atomic mass is 15.1. The third-order valence-corrected chi connectivity index (χ3v) is 9.72. The van der Waals surface area contributed by atoms with Gasteiger partial charge in [-0.25, -0.2) is 0 Å². The Bertz CT molecular complexity index is 2080. The topological polar surface area (TPSA) is 51.6 Å². The molecule has 2 aliphatic rings. The number of aryl methyl sites for hydroxylation is 4. The Morgan fingerprint density at radius 1 is 0.250 bits per heavy atom. The van der Waals surface area contributed by atoms with Crippen LogP contribution >= 0.6 is 0 Å². The summed E-state index contributed by atoms with van der Waals surface area (Å²) in [4.78, 5) is 0. The highest BCUT2D eigenvalue weighted by Gasteiger charge is 2.23. The minimum Gasteiger partial charge on any atom is -0.149 e. The summed E-state index contributed by atoms with van der Waals surface area (Å²) in [6.45, 7) is 0. The summed E-state index contributed by atoms with van der Waals surface area (Å²) in [5.74, 6) is 0. The van der Waals surface area contributed by atoms with Crippen molar-refractivity contribution in [3.8, 4) is 45.0 Å². The van der Waals surface area contributed by atoms with E-state index in [0.717, 1.165) is 70.7 Å². The zero-order valence-corrected chi connectivity index (χ0v) is 26.5. The molecule has 0 spiro atoms. The summed E-state index contributed by atoms with van der Waals surface area (Å²) in [5.41, 5.74) is 13.2. The van der Waals surface area contributed by atoms with Gasteiger partial charge in [0.05, 0.1) is 0 Å². The molecule has 6 aromatic carbocycles. The summed E-state index contributed by atoms with van der Waals surface area (Å²) in [5, 5.41) is 24.6. The molecule has 0 atom stereocenters. The summed E-state index contributed by atoms with van der Waals surface area (Å²) < 4.78 is 0. The molecule has 0 radical (unpaired) electrons. The molecule has 0 fully saturated rings. The Balaban J connectivity index is 1.33. The van der Waals surface area contributed by atoms with E-state index in [9.17, 15) is 0 Å². The van der Waals surface area contributed by atoms with E-state index in [0.29, 0.717) is 0 Å². The number of benzene rings is 6. The fourth-order valence-corrected chi connectivity index (χ4v) is 7.42. The van der Waals surface area contributed by atoms with Gasteiger partial charge in [0.2, 0.25) is 0 Å². The maximum Gasteiger partial charge on any atom is 0.101 e. The Morgan fingerprint density at radius 2 is 0.458 bits per heavy atom. The first-order valence-electron chi connectivity index (χ1n) is 16.7. The van der Waals surface area contributed by atoms with Gasteiger partial charge in [-0.15, -0.1) is 20.4 Å². The first kappa shape index (κ1) is 28.2. The van der Waals surface area contributed by atoms with Crippen molar-refractivity contribution in [3.05, 3.63) is 168 Å². The monoisotopic (exact) mass is 616 g/mol. The van der Waals surface area contributed by atoms with Gasteiger partial charge in [-0.3, -0.25) is 0 Å². The Morgan fingerprint density at radius 3 is 0.667 bits per heavy atom. The van der Waals surface area contributed by atoms with Crippen molar-refractivity contribution in [1.29, 1.82) is 0 Å². The van der Waals surface area contributed by atoms with Gasteiger partial charge < -0.3 is 0 Å². The van der Waals surface area contributed by atoms with Crippen LogP contribution in [0.4, 0.5) is 0 Å². The van der Waals surface area contributed by atoms with Crippen LogP contribution in [0.1, 0.15) is 22.3 Å². The standard InChI is InChI=1S/C44H32N4/c1-5-13-33(14-6-1)41-37-29-21-22-30(38(37)42(46-45-41)34-15-7-2-8-16-34)27-28-32-24-23-31(26-25-29)39-40(32)44(36-19-11-4-12-20-36)48-47-43(39)35-17-9-3-10-18-35/h1-24H,25-28H2. The van der Waals surface area contributed by atoms with Crippen LogP contribution in [-0.2, 0) is 25.7 Å². The van der Waals surface area contributed by atoms with Crippen molar-refractivity contribution >= 4 is 21.5 Å². The molecule has 4 heteroatoms. The summed E-state index contributed by atoms with van der Waals surface area (Å²) >= 11 is 0. The molecule has 0 aliphatic heterocycles. The molecule has 48 heavy (non-hydrogen) atoms. The highest BCUT2D eigenvalue weighted by molar-refractivity contribution is 6.07. The van der Waals surface area contributed by atoms with Crippen LogP contribution in [0.2, 0.25) is 0 Å². The van der Waals surface area contributed by atoms with E-state index in [4.69, 9.17) is 20.4 Å². The van der Waals surface area contributed by atoms with E-state index in [1.807, 2.05) is 0 Å². The fourth-order valence-electron chi connectivity index (χ4n) is 7.42. The van der Waals surface area contributed by atoms with E-state index >= 15 is 0 Å². The maximum atomic E-state index is 4.95. The van der Waals surface area contributed by atoms with E-state index in [-0.39, 0.29) is 0 Å². The molecule has 2 heterocycles. The fraction of sp³-hybridized carbons (Fsp3) is 0.0909. The number of aromatic nitrogens is 4. The lowest BCUT2D eigenvalue weighted by Crippen LogP contribution is -2.07. The molecule has 228 valence electrons. The van der Waals surface area contributed by atoms with E-state index in [2.05, 4.69) is 146 Å². The SMILES string of the molecule is c1ccc(-c2nnc(-c3ccccc3)c3c4ccc(c23)CCc2ccc(c3c(-c5ccccc5)nnc(-c5ccccc5)c23)CC4)cc1. The zero-order chi connectivity index (χ0) is 31.9. The van der Waals surface area contributed by atoms with Gasteiger partial charge in [0.25, 0.3) is 0 Å². The predicted octanol–water partition coefficient (Wildman–Crippen LogP) is 10.1. The van der Waals surface area contributed by atoms with Gasteiger partial charge >= 0.3 is 0 Å². The lowest BCUT2D eigenvalue weighted by atomic mass is 9.85. The second-order valence-electron chi connectivity index (χ2n) is 12.5. The van der Waals surface area contributed by atoms with Crippen molar-refractivity contribution < 1.29 is 0 Å². The van der Waals surface area contributed by atoms with Crippen LogP contribution in [0.25, 0.3) is 66.6 Å². The average molecular weight is 617 g/mol. The van der Waals surface area contributed by atoms with Crippen molar-refractivity contribution in [2.45, 2.75) is 25.7 Å². The molecular weight excluding hydrogens is 585 g/mol. The second-order valence-corrected chi connectivity index (χ2v) is 12.5. The molecule has 4 nitrogen and oxygen atoms in total. The summed E-state index contributed by atoms with van der Waals surface area (Å²) in [7, 11) is 0. The Kier molecular flexibility index (Phi) is 7.05. The quantitative estimate of drug-likeness (QED) is 0.197. The number of hydrogen-bond acceptors (Lipinski definition) is 4. The minimum absolute atomic E-state index is 0.849. The summed E-state index contributed by atoms with van der Waals surface area (Å²) in [6.07, 6.45) is 3.40. The van der Waals surface area contributed by atoms with E-state index in [1.165, 1.54) is 43.8 Å². The van der Waals surface area contributed by atoms with Gasteiger partial charge in [0, 0.05) is 43.8 Å². The van der Waals surface area contributed by atoms with Crippen LogP contribution in [0.5, 0.6) is 0 Å². The van der Waals surface area contributed by atoms with Gasteiger partial charge in [-0.05, 0) is 47.9 Å². The predicted molar refractivity (Wildman–Crippen MR) is 196 cm³/mol. The zero-order valence-electron chi connectivity index (χ0n) is 26.5. The molecule has 0 N–H and O–H groups in total. The lowest BCUT2D eigenvalue weighted by molar-refractivity contribution is 0.938. The Hall–Kier alpha value is -6.00. The highest BCUT2D eigenvalue weighted by Crippen LogP contribution is 2.41. The molecule has 0 amide bonds. The number of fused-ring (bicyclic) bond motifs is 4. The van der Waals surface area contributed by atoms with Crippen LogP contribution < -0.4 is 0 Å². The van der Waals surface area contributed by atoms with Crippen LogP contribution in [0.3, 0.4) is 0 Å². The number of rotatable bonds is 4.